The van der Waals surface area contributed by atoms with Crippen LogP contribution in [-0.4, -0.2) is 26.2 Å². The van der Waals surface area contributed by atoms with Gasteiger partial charge in [-0.05, 0) is 38.2 Å². The van der Waals surface area contributed by atoms with Crippen LogP contribution in [0.3, 0.4) is 0 Å². The first-order chi connectivity index (χ1) is 8.11. The maximum atomic E-state index is 11.5. The molecule has 0 bridgehead atoms. The van der Waals surface area contributed by atoms with E-state index in [1.54, 1.807) is 18.2 Å². The van der Waals surface area contributed by atoms with Gasteiger partial charge in [-0.3, -0.25) is 0 Å². The third-order valence-electron chi connectivity index (χ3n) is 2.01. The van der Waals surface area contributed by atoms with Gasteiger partial charge in [-0.25, -0.2) is 4.79 Å². The minimum atomic E-state index is -0.264. The predicted octanol–water partition coefficient (Wildman–Crippen LogP) is 2.72. The van der Waals surface area contributed by atoms with Crippen molar-refractivity contribution in [2.75, 3.05) is 25.5 Å². The van der Waals surface area contributed by atoms with Crippen LogP contribution >= 0.6 is 23.2 Å². The lowest BCUT2D eigenvalue weighted by Gasteiger charge is -2.08. The van der Waals surface area contributed by atoms with E-state index in [2.05, 4.69) is 16.0 Å². The fourth-order valence-electron chi connectivity index (χ4n) is 1.27. The molecule has 17 heavy (non-hydrogen) atoms. The van der Waals surface area contributed by atoms with Crippen molar-refractivity contribution in [3.63, 3.8) is 0 Å². The van der Waals surface area contributed by atoms with Crippen LogP contribution in [0.1, 0.15) is 6.42 Å². The van der Waals surface area contributed by atoms with Crippen molar-refractivity contribution < 1.29 is 4.79 Å². The lowest BCUT2D eigenvalue weighted by atomic mass is 10.3. The Balaban J connectivity index is 2.39. The fourth-order valence-corrected chi connectivity index (χ4v) is 1.79. The summed E-state index contributed by atoms with van der Waals surface area (Å²) in [6, 6.07) is 4.62. The summed E-state index contributed by atoms with van der Waals surface area (Å²) in [5.41, 5.74) is 0.577. The van der Waals surface area contributed by atoms with Gasteiger partial charge in [-0.15, -0.1) is 0 Å². The number of urea groups is 1. The number of halogens is 2. The topological polar surface area (TPSA) is 53.2 Å². The Kier molecular flexibility index (Phi) is 6.11. The lowest BCUT2D eigenvalue weighted by molar-refractivity contribution is 0.252. The SMILES string of the molecule is CNCCCNC(=O)Nc1cc(Cl)cc(Cl)c1. The molecule has 0 heterocycles. The Bertz CT molecular complexity index is 365. The van der Waals surface area contributed by atoms with Crippen LogP contribution in [0.25, 0.3) is 0 Å². The lowest BCUT2D eigenvalue weighted by Crippen LogP contribution is -2.30. The monoisotopic (exact) mass is 275 g/mol. The summed E-state index contributed by atoms with van der Waals surface area (Å²) in [4.78, 5) is 11.5. The maximum Gasteiger partial charge on any atom is 0.319 e. The molecular weight excluding hydrogens is 261 g/mol. The van der Waals surface area contributed by atoms with Gasteiger partial charge < -0.3 is 16.0 Å². The number of amides is 2. The minimum absolute atomic E-state index is 0.264. The van der Waals surface area contributed by atoms with Crippen molar-refractivity contribution in [1.82, 2.24) is 10.6 Å². The molecule has 0 unspecified atom stereocenters. The zero-order valence-corrected chi connectivity index (χ0v) is 11.0. The highest BCUT2D eigenvalue weighted by Crippen LogP contribution is 2.22. The van der Waals surface area contributed by atoms with Gasteiger partial charge in [0.05, 0.1) is 0 Å². The standard InChI is InChI=1S/C11H15Cl2N3O/c1-14-3-2-4-15-11(17)16-10-6-8(12)5-9(13)7-10/h5-7,14H,2-4H2,1H3,(H2,15,16,17). The predicted molar refractivity (Wildman–Crippen MR) is 72.0 cm³/mol. The van der Waals surface area contributed by atoms with E-state index in [9.17, 15) is 4.79 Å². The van der Waals surface area contributed by atoms with Crippen LogP contribution in [0.5, 0.6) is 0 Å². The molecule has 1 aromatic rings. The minimum Gasteiger partial charge on any atom is -0.338 e. The molecular formula is C11H15Cl2N3O. The van der Waals surface area contributed by atoms with E-state index >= 15 is 0 Å². The molecule has 94 valence electrons. The Morgan fingerprint density at radius 2 is 1.82 bits per heavy atom. The second kappa shape index (κ2) is 7.37. The van der Waals surface area contributed by atoms with E-state index in [1.807, 2.05) is 7.05 Å². The average Bonchev–Trinajstić information content (AvgIpc) is 2.23. The maximum absolute atomic E-state index is 11.5. The summed E-state index contributed by atoms with van der Waals surface area (Å²) in [7, 11) is 1.87. The van der Waals surface area contributed by atoms with Gasteiger partial charge in [0.15, 0.2) is 0 Å². The van der Waals surface area contributed by atoms with Crippen LogP contribution in [0.2, 0.25) is 10.0 Å². The number of anilines is 1. The third kappa shape index (κ3) is 5.77. The molecule has 1 aromatic carbocycles. The van der Waals surface area contributed by atoms with E-state index in [0.29, 0.717) is 22.3 Å². The van der Waals surface area contributed by atoms with Crippen LogP contribution in [0.15, 0.2) is 18.2 Å². The van der Waals surface area contributed by atoms with E-state index in [1.165, 1.54) is 0 Å². The normalized spacial score (nSPS) is 10.1. The summed E-state index contributed by atoms with van der Waals surface area (Å²) in [5.74, 6) is 0. The molecule has 0 atom stereocenters. The third-order valence-corrected chi connectivity index (χ3v) is 2.45. The molecule has 0 aromatic heterocycles. The van der Waals surface area contributed by atoms with Gasteiger partial charge >= 0.3 is 6.03 Å². The first-order valence-corrected chi connectivity index (χ1v) is 6.03. The van der Waals surface area contributed by atoms with E-state index in [4.69, 9.17) is 23.2 Å². The van der Waals surface area contributed by atoms with E-state index in [0.717, 1.165) is 13.0 Å². The summed E-state index contributed by atoms with van der Waals surface area (Å²) in [6.45, 7) is 1.48. The van der Waals surface area contributed by atoms with Gasteiger partial charge in [-0.1, -0.05) is 23.2 Å². The quantitative estimate of drug-likeness (QED) is 0.724. The van der Waals surface area contributed by atoms with Crippen LogP contribution < -0.4 is 16.0 Å². The van der Waals surface area contributed by atoms with Gasteiger partial charge in [0, 0.05) is 22.3 Å². The van der Waals surface area contributed by atoms with Crippen molar-refractivity contribution in [2.45, 2.75) is 6.42 Å². The molecule has 0 spiro atoms. The fraction of sp³-hybridized carbons (Fsp3) is 0.364. The molecule has 0 aliphatic carbocycles. The summed E-state index contributed by atoms with van der Waals surface area (Å²) < 4.78 is 0. The second-order valence-electron chi connectivity index (χ2n) is 3.50. The number of nitrogens with one attached hydrogen (secondary N) is 3. The molecule has 4 nitrogen and oxygen atoms in total. The Morgan fingerprint density at radius 3 is 2.41 bits per heavy atom. The molecule has 3 N–H and O–H groups in total. The molecule has 0 saturated heterocycles. The van der Waals surface area contributed by atoms with Crippen molar-refractivity contribution in [2.24, 2.45) is 0 Å². The van der Waals surface area contributed by atoms with Gasteiger partial charge in [0.1, 0.15) is 0 Å². The van der Waals surface area contributed by atoms with Crippen LogP contribution in [0.4, 0.5) is 10.5 Å². The molecule has 0 saturated carbocycles. The number of benzene rings is 1. The van der Waals surface area contributed by atoms with E-state index < -0.39 is 0 Å². The average molecular weight is 276 g/mol. The highest BCUT2D eigenvalue weighted by Gasteiger charge is 2.02. The zero-order valence-electron chi connectivity index (χ0n) is 9.52. The van der Waals surface area contributed by atoms with Crippen molar-refractivity contribution in [1.29, 1.82) is 0 Å². The molecule has 0 aliphatic rings. The summed E-state index contributed by atoms with van der Waals surface area (Å²) in [5, 5.41) is 9.37. The summed E-state index contributed by atoms with van der Waals surface area (Å²) >= 11 is 11.6. The highest BCUT2D eigenvalue weighted by molar-refractivity contribution is 6.35. The molecule has 0 aliphatic heterocycles. The first kappa shape index (κ1) is 14.1. The van der Waals surface area contributed by atoms with Crippen molar-refractivity contribution >= 4 is 34.9 Å². The number of carbonyl (C=O) groups is 1. The van der Waals surface area contributed by atoms with Crippen molar-refractivity contribution in [3.05, 3.63) is 28.2 Å². The first-order valence-electron chi connectivity index (χ1n) is 5.27. The number of hydrogen-bond acceptors (Lipinski definition) is 2. The van der Waals surface area contributed by atoms with Crippen LogP contribution in [-0.2, 0) is 0 Å². The van der Waals surface area contributed by atoms with E-state index in [-0.39, 0.29) is 6.03 Å². The van der Waals surface area contributed by atoms with Crippen molar-refractivity contribution in [3.8, 4) is 0 Å². The van der Waals surface area contributed by atoms with Gasteiger partial charge in [-0.2, -0.15) is 0 Å². The van der Waals surface area contributed by atoms with Crippen LogP contribution in [0, 0.1) is 0 Å². The Labute approximate surface area is 111 Å². The number of rotatable bonds is 5. The highest BCUT2D eigenvalue weighted by atomic mass is 35.5. The van der Waals surface area contributed by atoms with Gasteiger partial charge in [0.25, 0.3) is 0 Å². The van der Waals surface area contributed by atoms with Gasteiger partial charge in [0.2, 0.25) is 0 Å². The molecule has 0 fully saturated rings. The largest absolute Gasteiger partial charge is 0.338 e. The Morgan fingerprint density at radius 1 is 1.18 bits per heavy atom. The molecule has 6 heteroatoms. The number of carbonyl (C=O) groups excluding carboxylic acids is 1. The summed E-state index contributed by atoms with van der Waals surface area (Å²) in [6.07, 6.45) is 0.875. The second-order valence-corrected chi connectivity index (χ2v) is 4.37. The molecule has 1 rings (SSSR count). The number of hydrogen-bond donors (Lipinski definition) is 3. The smallest absolute Gasteiger partial charge is 0.319 e. The Hall–Kier alpha value is -0.970. The molecule has 0 radical (unpaired) electrons. The zero-order chi connectivity index (χ0) is 12.7. The molecule has 2 amide bonds.